The van der Waals surface area contributed by atoms with Gasteiger partial charge in [0, 0.05) is 45.3 Å². The zero-order valence-corrected chi connectivity index (χ0v) is 20.2. The zero-order chi connectivity index (χ0) is 20.2. The predicted octanol–water partition coefficient (Wildman–Crippen LogP) is 3.36. The Labute approximate surface area is 165 Å². The van der Waals surface area contributed by atoms with Crippen molar-refractivity contribution in [1.82, 2.24) is 14.7 Å². The molecule has 0 N–H and O–H groups in total. The Morgan fingerprint density at radius 2 is 0.885 bits per heavy atom. The van der Waals surface area contributed by atoms with Crippen LogP contribution in [0.4, 0.5) is 0 Å². The lowest BCUT2D eigenvalue weighted by atomic mass is 9.87. The van der Waals surface area contributed by atoms with Gasteiger partial charge in [0.1, 0.15) is 0 Å². The third-order valence-corrected chi connectivity index (χ3v) is 9.04. The lowest BCUT2D eigenvalue weighted by molar-refractivity contribution is 0.0664. The summed E-state index contributed by atoms with van der Waals surface area (Å²) in [5.41, 5.74) is 0.150. The molecule has 0 atom stereocenters. The molecule has 26 heavy (non-hydrogen) atoms. The highest BCUT2D eigenvalue weighted by Crippen LogP contribution is 2.34. The van der Waals surface area contributed by atoms with Gasteiger partial charge in [-0.25, -0.2) is 0 Å². The SMILES string of the molecule is CCN(CC)CC(CN(CC)CC)(CN(CC)CC)C[Si](C)(OC)OC. The Kier molecular flexibility index (Phi) is 13.2. The molecule has 0 aromatic rings. The van der Waals surface area contributed by atoms with Crippen molar-refractivity contribution >= 4 is 8.56 Å². The molecular weight excluding hydrogens is 342 g/mol. The smallest absolute Gasteiger partial charge is 0.335 e. The van der Waals surface area contributed by atoms with Crippen LogP contribution in [0.15, 0.2) is 0 Å². The first-order valence-corrected chi connectivity index (χ1v) is 13.1. The molecule has 0 fully saturated rings. The first-order valence-electron chi connectivity index (χ1n) is 10.6. The maximum atomic E-state index is 5.95. The molecule has 0 aliphatic heterocycles. The fourth-order valence-corrected chi connectivity index (χ4v) is 6.14. The van der Waals surface area contributed by atoms with Gasteiger partial charge in [0.15, 0.2) is 0 Å². The van der Waals surface area contributed by atoms with Gasteiger partial charge in [-0.05, 0) is 45.8 Å². The first kappa shape index (κ1) is 26.0. The minimum absolute atomic E-state index is 0.150. The maximum Gasteiger partial charge on any atom is 0.335 e. The highest BCUT2D eigenvalue weighted by Gasteiger charge is 2.44. The van der Waals surface area contributed by atoms with Crippen molar-refractivity contribution in [1.29, 1.82) is 0 Å². The largest absolute Gasteiger partial charge is 0.398 e. The summed E-state index contributed by atoms with van der Waals surface area (Å²) in [4.78, 5) is 7.73. The molecule has 0 aromatic carbocycles. The summed E-state index contributed by atoms with van der Waals surface area (Å²) in [6, 6.07) is 1.02. The van der Waals surface area contributed by atoms with Crippen LogP contribution in [-0.2, 0) is 8.85 Å². The second-order valence-corrected chi connectivity index (χ2v) is 11.0. The van der Waals surface area contributed by atoms with E-state index in [1.165, 1.54) is 0 Å². The molecule has 0 radical (unpaired) electrons. The summed E-state index contributed by atoms with van der Waals surface area (Å²) < 4.78 is 11.9. The molecule has 0 unspecified atom stereocenters. The quantitative estimate of drug-likeness (QED) is 0.377. The van der Waals surface area contributed by atoms with Crippen molar-refractivity contribution < 1.29 is 8.85 Å². The molecular formula is C20H47N3O2Si. The van der Waals surface area contributed by atoms with Crippen LogP contribution in [0, 0.1) is 5.41 Å². The Morgan fingerprint density at radius 1 is 0.615 bits per heavy atom. The Balaban J connectivity index is 5.92. The molecule has 5 nitrogen and oxygen atoms in total. The van der Waals surface area contributed by atoms with E-state index in [0.717, 1.165) is 64.9 Å². The van der Waals surface area contributed by atoms with Gasteiger partial charge in [-0.15, -0.1) is 0 Å². The van der Waals surface area contributed by atoms with E-state index in [2.05, 4.69) is 62.8 Å². The molecule has 0 heterocycles. The molecule has 0 aliphatic rings. The van der Waals surface area contributed by atoms with E-state index in [1.807, 2.05) is 14.2 Å². The Hall–Kier alpha value is 0.0169. The van der Waals surface area contributed by atoms with E-state index in [-0.39, 0.29) is 5.41 Å². The fraction of sp³-hybridized carbons (Fsp3) is 1.00. The summed E-state index contributed by atoms with van der Waals surface area (Å²) in [5, 5.41) is 0. The van der Waals surface area contributed by atoms with Crippen LogP contribution in [0.25, 0.3) is 0 Å². The number of rotatable bonds is 16. The molecule has 6 heteroatoms. The number of hydrogen-bond acceptors (Lipinski definition) is 5. The van der Waals surface area contributed by atoms with Crippen molar-refractivity contribution in [3.8, 4) is 0 Å². The van der Waals surface area contributed by atoms with Gasteiger partial charge in [-0.3, -0.25) is 0 Å². The molecule has 0 bridgehead atoms. The highest BCUT2D eigenvalue weighted by molar-refractivity contribution is 6.66. The molecule has 0 saturated heterocycles. The van der Waals surface area contributed by atoms with Gasteiger partial charge in [0.25, 0.3) is 0 Å². The zero-order valence-electron chi connectivity index (χ0n) is 19.2. The summed E-state index contributed by atoms with van der Waals surface area (Å²) >= 11 is 0. The van der Waals surface area contributed by atoms with E-state index in [1.54, 1.807) is 0 Å². The number of hydrogen-bond donors (Lipinski definition) is 0. The van der Waals surface area contributed by atoms with Gasteiger partial charge < -0.3 is 23.6 Å². The number of nitrogens with zero attached hydrogens (tertiary/aromatic N) is 3. The van der Waals surface area contributed by atoms with Crippen molar-refractivity contribution in [2.45, 2.75) is 54.1 Å². The van der Waals surface area contributed by atoms with Crippen LogP contribution in [0.5, 0.6) is 0 Å². The van der Waals surface area contributed by atoms with Crippen LogP contribution < -0.4 is 0 Å². The average molecular weight is 390 g/mol. The third kappa shape index (κ3) is 8.36. The molecule has 0 amide bonds. The molecule has 0 spiro atoms. The summed E-state index contributed by atoms with van der Waals surface area (Å²) in [7, 11) is 1.46. The highest BCUT2D eigenvalue weighted by atomic mass is 28.4. The van der Waals surface area contributed by atoms with Crippen molar-refractivity contribution in [2.75, 3.05) is 73.1 Å². The molecule has 0 saturated carbocycles. The Bertz CT molecular complexity index is 306. The second-order valence-electron chi connectivity index (χ2n) is 7.60. The average Bonchev–Trinajstić information content (AvgIpc) is 2.68. The van der Waals surface area contributed by atoms with E-state index in [4.69, 9.17) is 8.85 Å². The lowest BCUT2D eigenvalue weighted by Crippen LogP contribution is -2.56. The van der Waals surface area contributed by atoms with Gasteiger partial charge >= 0.3 is 8.56 Å². The minimum atomic E-state index is -2.19. The van der Waals surface area contributed by atoms with E-state index >= 15 is 0 Å². The molecule has 158 valence electrons. The van der Waals surface area contributed by atoms with E-state index in [9.17, 15) is 0 Å². The third-order valence-electron chi connectivity index (χ3n) is 5.92. The standard InChI is InChI=1S/C20H47N3O2Si/c1-10-21(11-2)16-20(17-22(12-3)13-4,18-23(14-5)15-6)19-26(9,24-7)25-8/h10-19H2,1-9H3. The Morgan fingerprint density at radius 3 is 1.08 bits per heavy atom. The normalized spacial score (nSPS) is 13.4. The fourth-order valence-electron chi connectivity index (χ4n) is 3.99. The summed E-state index contributed by atoms with van der Waals surface area (Å²) in [5.74, 6) is 0. The molecule has 0 aromatic heterocycles. The topological polar surface area (TPSA) is 28.2 Å². The van der Waals surface area contributed by atoms with Crippen LogP contribution >= 0.6 is 0 Å². The lowest BCUT2D eigenvalue weighted by Gasteiger charge is -2.46. The summed E-state index contributed by atoms with van der Waals surface area (Å²) in [6.45, 7) is 25.7. The predicted molar refractivity (Wildman–Crippen MR) is 116 cm³/mol. The van der Waals surface area contributed by atoms with Gasteiger partial charge in [-0.1, -0.05) is 41.5 Å². The van der Waals surface area contributed by atoms with Gasteiger partial charge in [0.2, 0.25) is 0 Å². The first-order chi connectivity index (χ1) is 12.3. The van der Waals surface area contributed by atoms with Gasteiger partial charge in [0.05, 0.1) is 0 Å². The second kappa shape index (κ2) is 13.2. The van der Waals surface area contributed by atoms with Crippen molar-refractivity contribution in [3.05, 3.63) is 0 Å². The van der Waals surface area contributed by atoms with Crippen LogP contribution in [0.2, 0.25) is 12.6 Å². The molecule has 0 aliphatic carbocycles. The van der Waals surface area contributed by atoms with Crippen LogP contribution in [0.3, 0.4) is 0 Å². The molecule has 0 rings (SSSR count). The minimum Gasteiger partial charge on any atom is -0.398 e. The summed E-state index contributed by atoms with van der Waals surface area (Å²) in [6.07, 6.45) is 0. The maximum absolute atomic E-state index is 5.95. The van der Waals surface area contributed by atoms with E-state index < -0.39 is 8.56 Å². The monoisotopic (exact) mass is 389 g/mol. The van der Waals surface area contributed by atoms with Crippen LogP contribution in [-0.4, -0.2) is 96.4 Å². The van der Waals surface area contributed by atoms with Crippen molar-refractivity contribution in [2.24, 2.45) is 5.41 Å². The van der Waals surface area contributed by atoms with Gasteiger partial charge in [-0.2, -0.15) is 0 Å². The van der Waals surface area contributed by atoms with Crippen molar-refractivity contribution in [3.63, 3.8) is 0 Å². The van der Waals surface area contributed by atoms with Crippen LogP contribution in [0.1, 0.15) is 41.5 Å². The van der Waals surface area contributed by atoms with E-state index in [0.29, 0.717) is 0 Å².